The van der Waals surface area contributed by atoms with Crippen LogP contribution in [-0.4, -0.2) is 9.97 Å². The number of nitrogens with one attached hydrogen (secondary N) is 1. The van der Waals surface area contributed by atoms with Gasteiger partial charge in [0.25, 0.3) is 0 Å². The Morgan fingerprint density at radius 2 is 1.88 bits per heavy atom. The van der Waals surface area contributed by atoms with Crippen molar-refractivity contribution >= 4 is 33.3 Å². The van der Waals surface area contributed by atoms with Gasteiger partial charge in [0.2, 0.25) is 0 Å². The molecule has 3 N–H and O–H groups in total. The molecule has 4 nitrogen and oxygen atoms in total. The van der Waals surface area contributed by atoms with Gasteiger partial charge in [0, 0.05) is 16.2 Å². The third kappa shape index (κ3) is 2.70. The number of nitrogens with two attached hydrogens (primary N) is 1. The third-order valence-corrected chi connectivity index (χ3v) is 2.50. The number of aryl methyl sites for hydroxylation is 1. The summed E-state index contributed by atoms with van der Waals surface area (Å²) >= 11 is 3.38. The van der Waals surface area contributed by atoms with E-state index in [1.54, 1.807) is 6.07 Å². The lowest BCUT2D eigenvalue weighted by Gasteiger charge is -2.06. The topological polar surface area (TPSA) is 63.8 Å². The van der Waals surface area contributed by atoms with Gasteiger partial charge in [0.15, 0.2) is 0 Å². The summed E-state index contributed by atoms with van der Waals surface area (Å²) in [4.78, 5) is 8.25. The van der Waals surface area contributed by atoms with E-state index in [1.807, 2.05) is 31.2 Å². The van der Waals surface area contributed by atoms with E-state index in [9.17, 15) is 0 Å². The third-order valence-electron chi connectivity index (χ3n) is 1.97. The van der Waals surface area contributed by atoms with Crippen molar-refractivity contribution in [1.29, 1.82) is 0 Å². The van der Waals surface area contributed by atoms with Crippen LogP contribution in [0.25, 0.3) is 0 Å². The monoisotopic (exact) mass is 278 g/mol. The molecule has 2 rings (SSSR count). The minimum Gasteiger partial charge on any atom is -0.384 e. The molecule has 5 heteroatoms. The fraction of sp³-hybridized carbons (Fsp3) is 0.0909. The Hall–Kier alpha value is -1.62. The molecule has 0 aliphatic carbocycles. The van der Waals surface area contributed by atoms with E-state index in [4.69, 9.17) is 5.73 Å². The van der Waals surface area contributed by atoms with E-state index in [0.29, 0.717) is 17.5 Å². The van der Waals surface area contributed by atoms with Crippen LogP contribution in [0.5, 0.6) is 0 Å². The first kappa shape index (κ1) is 10.9. The highest BCUT2D eigenvalue weighted by molar-refractivity contribution is 9.10. The minimum absolute atomic E-state index is 0.465. The van der Waals surface area contributed by atoms with Crippen LogP contribution in [0.15, 0.2) is 34.8 Å². The van der Waals surface area contributed by atoms with Crippen molar-refractivity contribution < 1.29 is 0 Å². The summed E-state index contributed by atoms with van der Waals surface area (Å²) in [5, 5.41) is 3.16. The van der Waals surface area contributed by atoms with Gasteiger partial charge in [-0.1, -0.05) is 15.9 Å². The van der Waals surface area contributed by atoms with Crippen molar-refractivity contribution in [2.45, 2.75) is 6.92 Å². The molecule has 0 amide bonds. The Bertz CT molecular complexity index is 476. The second-order valence-corrected chi connectivity index (χ2v) is 4.27. The van der Waals surface area contributed by atoms with Crippen molar-refractivity contribution in [3.05, 3.63) is 40.6 Å². The molecule has 0 atom stereocenters. The Labute approximate surface area is 102 Å². The number of halogens is 1. The predicted molar refractivity (Wildman–Crippen MR) is 68.6 cm³/mol. The number of benzene rings is 1. The Balaban J connectivity index is 2.23. The van der Waals surface area contributed by atoms with Crippen LogP contribution in [-0.2, 0) is 0 Å². The summed E-state index contributed by atoms with van der Waals surface area (Å²) < 4.78 is 1.04. The predicted octanol–water partition coefficient (Wildman–Crippen LogP) is 2.87. The molecule has 16 heavy (non-hydrogen) atoms. The maximum absolute atomic E-state index is 5.64. The largest absolute Gasteiger partial charge is 0.384 e. The van der Waals surface area contributed by atoms with Gasteiger partial charge in [-0.25, -0.2) is 9.97 Å². The van der Waals surface area contributed by atoms with Gasteiger partial charge >= 0.3 is 0 Å². The first-order valence-corrected chi connectivity index (χ1v) is 5.56. The van der Waals surface area contributed by atoms with Gasteiger partial charge in [-0.3, -0.25) is 0 Å². The zero-order valence-electron chi connectivity index (χ0n) is 8.74. The van der Waals surface area contributed by atoms with Crippen molar-refractivity contribution in [2.75, 3.05) is 11.1 Å². The number of hydrogen-bond acceptors (Lipinski definition) is 4. The molecule has 1 heterocycles. The molecule has 0 bridgehead atoms. The van der Waals surface area contributed by atoms with Crippen LogP contribution in [0.3, 0.4) is 0 Å². The molecule has 0 spiro atoms. The lowest BCUT2D eigenvalue weighted by Crippen LogP contribution is -2.00. The zero-order valence-corrected chi connectivity index (χ0v) is 10.3. The zero-order chi connectivity index (χ0) is 11.5. The number of aromatic nitrogens is 2. The summed E-state index contributed by atoms with van der Waals surface area (Å²) in [6, 6.07) is 9.53. The first-order valence-electron chi connectivity index (χ1n) is 4.77. The maximum Gasteiger partial charge on any atom is 0.136 e. The second kappa shape index (κ2) is 4.49. The molecule has 1 aromatic carbocycles. The highest BCUT2D eigenvalue weighted by atomic mass is 79.9. The lowest BCUT2D eigenvalue weighted by atomic mass is 10.3. The summed E-state index contributed by atoms with van der Waals surface area (Å²) in [7, 11) is 0. The van der Waals surface area contributed by atoms with Gasteiger partial charge in [0.05, 0.1) is 0 Å². The molecule has 0 saturated carbocycles. The Morgan fingerprint density at radius 1 is 1.19 bits per heavy atom. The van der Waals surface area contributed by atoms with Crippen LogP contribution in [0, 0.1) is 6.92 Å². The van der Waals surface area contributed by atoms with E-state index >= 15 is 0 Å². The van der Waals surface area contributed by atoms with Crippen molar-refractivity contribution in [2.24, 2.45) is 0 Å². The number of anilines is 3. The summed E-state index contributed by atoms with van der Waals surface area (Å²) in [6.07, 6.45) is 0. The summed E-state index contributed by atoms with van der Waals surface area (Å²) in [6.45, 7) is 1.81. The Kier molecular flexibility index (Phi) is 3.05. The number of hydrogen-bond donors (Lipinski definition) is 2. The normalized spacial score (nSPS) is 10.1. The van der Waals surface area contributed by atoms with Gasteiger partial charge in [-0.15, -0.1) is 0 Å². The van der Waals surface area contributed by atoms with Crippen molar-refractivity contribution in [1.82, 2.24) is 9.97 Å². The highest BCUT2D eigenvalue weighted by Gasteiger charge is 1.99. The van der Waals surface area contributed by atoms with Crippen LogP contribution in [0.2, 0.25) is 0 Å². The van der Waals surface area contributed by atoms with E-state index in [-0.39, 0.29) is 0 Å². The van der Waals surface area contributed by atoms with E-state index in [0.717, 1.165) is 10.2 Å². The van der Waals surface area contributed by atoms with Gasteiger partial charge in [0.1, 0.15) is 17.5 Å². The van der Waals surface area contributed by atoms with E-state index in [1.165, 1.54) is 0 Å². The van der Waals surface area contributed by atoms with Crippen molar-refractivity contribution in [3.63, 3.8) is 0 Å². The molecule has 0 aliphatic rings. The molecule has 0 saturated heterocycles. The lowest BCUT2D eigenvalue weighted by molar-refractivity contribution is 1.06. The highest BCUT2D eigenvalue weighted by Crippen LogP contribution is 2.18. The fourth-order valence-electron chi connectivity index (χ4n) is 1.34. The summed E-state index contributed by atoms with van der Waals surface area (Å²) in [5.74, 6) is 1.82. The molecule has 0 aliphatic heterocycles. The van der Waals surface area contributed by atoms with Crippen LogP contribution in [0.4, 0.5) is 17.3 Å². The maximum atomic E-state index is 5.64. The molecule has 82 valence electrons. The van der Waals surface area contributed by atoms with Gasteiger partial charge in [-0.2, -0.15) is 0 Å². The number of nitrogen functional groups attached to an aromatic ring is 1. The molecule has 2 aromatic rings. The van der Waals surface area contributed by atoms with Gasteiger partial charge in [-0.05, 0) is 31.2 Å². The van der Waals surface area contributed by atoms with E-state index in [2.05, 4.69) is 31.2 Å². The quantitative estimate of drug-likeness (QED) is 0.887. The molecule has 1 aromatic heterocycles. The number of rotatable bonds is 2. The molecule has 0 fully saturated rings. The van der Waals surface area contributed by atoms with Crippen LogP contribution in [0.1, 0.15) is 5.82 Å². The molecule has 0 unspecified atom stereocenters. The minimum atomic E-state index is 0.465. The second-order valence-electron chi connectivity index (χ2n) is 3.36. The molecule has 0 radical (unpaired) electrons. The SMILES string of the molecule is Cc1nc(N)cc(Nc2ccc(Br)cc2)n1. The van der Waals surface area contributed by atoms with Crippen LogP contribution >= 0.6 is 15.9 Å². The fourth-order valence-corrected chi connectivity index (χ4v) is 1.60. The Morgan fingerprint density at radius 3 is 2.50 bits per heavy atom. The average Bonchev–Trinajstić information content (AvgIpc) is 2.20. The van der Waals surface area contributed by atoms with E-state index < -0.39 is 0 Å². The molecular weight excluding hydrogens is 268 g/mol. The van der Waals surface area contributed by atoms with Crippen molar-refractivity contribution in [3.8, 4) is 0 Å². The standard InChI is InChI=1S/C11H11BrN4/c1-7-14-10(13)6-11(15-7)16-9-4-2-8(12)3-5-9/h2-6H,1H3,(H3,13,14,15,16). The smallest absolute Gasteiger partial charge is 0.136 e. The summed E-state index contributed by atoms with van der Waals surface area (Å²) in [5.41, 5.74) is 6.60. The first-order chi connectivity index (χ1) is 7.63. The molecular formula is C11H11BrN4. The van der Waals surface area contributed by atoms with Crippen LogP contribution < -0.4 is 11.1 Å². The number of nitrogens with zero attached hydrogens (tertiary/aromatic N) is 2. The average molecular weight is 279 g/mol. The van der Waals surface area contributed by atoms with Gasteiger partial charge < -0.3 is 11.1 Å².